The molecule has 0 spiro atoms. The van der Waals surface area contributed by atoms with Gasteiger partial charge in [0.25, 0.3) is 0 Å². The molecule has 2 unspecified atom stereocenters. The Balaban J connectivity index is 1.58. The second kappa shape index (κ2) is 7.69. The van der Waals surface area contributed by atoms with E-state index in [2.05, 4.69) is 51.1 Å². The zero-order chi connectivity index (χ0) is 16.9. The molecule has 2 aromatic heterocycles. The van der Waals surface area contributed by atoms with Gasteiger partial charge in [-0.05, 0) is 37.8 Å². The minimum Gasteiger partial charge on any atom is -0.354 e. The largest absolute Gasteiger partial charge is 0.354 e. The lowest BCUT2D eigenvalue weighted by Crippen LogP contribution is -2.45. The average Bonchev–Trinajstić information content (AvgIpc) is 3.03. The quantitative estimate of drug-likeness (QED) is 0.669. The molecular formula is C19H29N5. The first kappa shape index (κ1) is 16.8. The monoisotopic (exact) mass is 327 g/mol. The second-order valence-corrected chi connectivity index (χ2v) is 6.84. The lowest BCUT2D eigenvalue weighted by Gasteiger charge is -2.30. The van der Waals surface area contributed by atoms with Crippen LogP contribution in [0.2, 0.25) is 0 Å². The summed E-state index contributed by atoms with van der Waals surface area (Å²) in [6.07, 6.45) is 8.57. The van der Waals surface area contributed by atoms with Crippen LogP contribution in [-0.2, 0) is 6.54 Å². The van der Waals surface area contributed by atoms with Gasteiger partial charge < -0.3 is 15.0 Å². The van der Waals surface area contributed by atoms with Crippen LogP contribution < -0.4 is 10.6 Å². The molecule has 130 valence electrons. The van der Waals surface area contributed by atoms with Crippen molar-refractivity contribution in [2.45, 2.75) is 58.5 Å². The van der Waals surface area contributed by atoms with Crippen molar-refractivity contribution in [3.8, 4) is 0 Å². The molecule has 5 heteroatoms. The maximum absolute atomic E-state index is 4.67. The standard InChI is InChI=1S/C19H29N5/c1-4-15-8-6-9-16(11-15)23-19(20-3)21-12-17-13-24-14(2)7-5-10-18(24)22-17/h5,7,10,13,15-16H,4,6,8-9,11-12H2,1-3H3,(H2,20,21,23). The zero-order valence-corrected chi connectivity index (χ0v) is 15.0. The van der Waals surface area contributed by atoms with Crippen molar-refractivity contribution in [2.75, 3.05) is 7.05 Å². The third-order valence-electron chi connectivity index (χ3n) is 5.11. The molecule has 1 saturated carbocycles. The number of guanidine groups is 1. The fourth-order valence-corrected chi connectivity index (χ4v) is 3.64. The van der Waals surface area contributed by atoms with Crippen molar-refractivity contribution >= 4 is 11.6 Å². The topological polar surface area (TPSA) is 53.7 Å². The van der Waals surface area contributed by atoms with Gasteiger partial charge in [0, 0.05) is 25.0 Å². The zero-order valence-electron chi connectivity index (χ0n) is 15.0. The van der Waals surface area contributed by atoms with Gasteiger partial charge in [0.1, 0.15) is 5.65 Å². The van der Waals surface area contributed by atoms with E-state index in [1.165, 1.54) is 37.8 Å². The summed E-state index contributed by atoms with van der Waals surface area (Å²) in [4.78, 5) is 9.05. The summed E-state index contributed by atoms with van der Waals surface area (Å²) in [5, 5.41) is 7.00. The minimum atomic E-state index is 0.540. The van der Waals surface area contributed by atoms with Crippen molar-refractivity contribution in [3.63, 3.8) is 0 Å². The Bertz CT molecular complexity index is 703. The summed E-state index contributed by atoms with van der Waals surface area (Å²) < 4.78 is 2.13. The lowest BCUT2D eigenvalue weighted by atomic mass is 9.84. The van der Waals surface area contributed by atoms with Gasteiger partial charge in [-0.3, -0.25) is 4.99 Å². The van der Waals surface area contributed by atoms with Gasteiger partial charge in [-0.1, -0.05) is 32.3 Å². The molecule has 1 aliphatic rings. The number of hydrogen-bond donors (Lipinski definition) is 2. The highest BCUT2D eigenvalue weighted by Gasteiger charge is 2.21. The highest BCUT2D eigenvalue weighted by Crippen LogP contribution is 2.26. The van der Waals surface area contributed by atoms with Crippen molar-refractivity contribution in [1.82, 2.24) is 20.0 Å². The Morgan fingerprint density at radius 2 is 2.25 bits per heavy atom. The highest BCUT2D eigenvalue weighted by molar-refractivity contribution is 5.79. The number of aliphatic imine (C=N–C) groups is 1. The predicted molar refractivity (Wildman–Crippen MR) is 99.3 cm³/mol. The predicted octanol–water partition coefficient (Wildman–Crippen LogP) is 3.28. The third kappa shape index (κ3) is 3.89. The molecular weight excluding hydrogens is 298 g/mol. The van der Waals surface area contributed by atoms with E-state index in [1.54, 1.807) is 0 Å². The molecule has 2 aromatic rings. The van der Waals surface area contributed by atoms with Crippen LogP contribution in [0.25, 0.3) is 5.65 Å². The molecule has 24 heavy (non-hydrogen) atoms. The number of fused-ring (bicyclic) bond motifs is 1. The van der Waals surface area contributed by atoms with Crippen LogP contribution in [0.3, 0.4) is 0 Å². The molecule has 3 rings (SSSR count). The Kier molecular flexibility index (Phi) is 5.38. The number of pyridine rings is 1. The van der Waals surface area contributed by atoms with Gasteiger partial charge in [0.05, 0.1) is 12.2 Å². The first-order chi connectivity index (χ1) is 11.7. The van der Waals surface area contributed by atoms with Crippen molar-refractivity contribution in [1.29, 1.82) is 0 Å². The summed E-state index contributed by atoms with van der Waals surface area (Å²) in [6, 6.07) is 6.72. The minimum absolute atomic E-state index is 0.540. The van der Waals surface area contributed by atoms with E-state index < -0.39 is 0 Å². The molecule has 1 fully saturated rings. The van der Waals surface area contributed by atoms with Crippen LogP contribution in [-0.4, -0.2) is 28.4 Å². The lowest BCUT2D eigenvalue weighted by molar-refractivity contribution is 0.298. The number of nitrogens with zero attached hydrogens (tertiary/aromatic N) is 3. The number of hydrogen-bond acceptors (Lipinski definition) is 2. The normalized spacial score (nSPS) is 21.9. The second-order valence-electron chi connectivity index (χ2n) is 6.84. The van der Waals surface area contributed by atoms with E-state index in [4.69, 9.17) is 0 Å². The van der Waals surface area contributed by atoms with Crippen LogP contribution in [0.15, 0.2) is 29.4 Å². The number of nitrogens with one attached hydrogen (secondary N) is 2. The Hall–Kier alpha value is -2.04. The molecule has 0 saturated heterocycles. The van der Waals surface area contributed by atoms with E-state index in [1.807, 2.05) is 19.2 Å². The van der Waals surface area contributed by atoms with Gasteiger partial charge in [-0.15, -0.1) is 0 Å². The molecule has 2 atom stereocenters. The highest BCUT2D eigenvalue weighted by atomic mass is 15.2. The van der Waals surface area contributed by atoms with Crippen LogP contribution in [0.5, 0.6) is 0 Å². The first-order valence-corrected chi connectivity index (χ1v) is 9.10. The van der Waals surface area contributed by atoms with Gasteiger partial charge in [-0.2, -0.15) is 0 Å². The summed E-state index contributed by atoms with van der Waals surface area (Å²) in [6.45, 7) is 5.08. The van der Waals surface area contributed by atoms with Crippen LogP contribution in [0.1, 0.15) is 50.4 Å². The van der Waals surface area contributed by atoms with Crippen LogP contribution in [0, 0.1) is 12.8 Å². The Morgan fingerprint density at radius 1 is 1.38 bits per heavy atom. The molecule has 0 aliphatic heterocycles. The Morgan fingerprint density at radius 3 is 3.00 bits per heavy atom. The first-order valence-electron chi connectivity index (χ1n) is 9.10. The number of aromatic nitrogens is 2. The molecule has 5 nitrogen and oxygen atoms in total. The average molecular weight is 327 g/mol. The fraction of sp³-hybridized carbons (Fsp3) is 0.579. The van der Waals surface area contributed by atoms with Crippen molar-refractivity contribution in [2.24, 2.45) is 10.9 Å². The maximum atomic E-state index is 4.67. The fourth-order valence-electron chi connectivity index (χ4n) is 3.64. The molecule has 2 N–H and O–H groups in total. The third-order valence-corrected chi connectivity index (χ3v) is 5.11. The van der Waals surface area contributed by atoms with Gasteiger partial charge >= 0.3 is 0 Å². The van der Waals surface area contributed by atoms with E-state index in [9.17, 15) is 0 Å². The molecule has 2 heterocycles. The summed E-state index contributed by atoms with van der Waals surface area (Å²) >= 11 is 0. The van der Waals surface area contributed by atoms with E-state index in [0.717, 1.165) is 23.2 Å². The van der Waals surface area contributed by atoms with Crippen molar-refractivity contribution in [3.05, 3.63) is 35.8 Å². The summed E-state index contributed by atoms with van der Waals surface area (Å²) in [5.74, 6) is 1.74. The van der Waals surface area contributed by atoms with Crippen molar-refractivity contribution < 1.29 is 0 Å². The van der Waals surface area contributed by atoms with E-state index in [0.29, 0.717) is 12.6 Å². The van der Waals surface area contributed by atoms with Crippen LogP contribution >= 0.6 is 0 Å². The molecule has 0 radical (unpaired) electrons. The maximum Gasteiger partial charge on any atom is 0.191 e. The molecule has 0 bridgehead atoms. The number of rotatable bonds is 4. The number of imidazole rings is 1. The van der Waals surface area contributed by atoms with Crippen LogP contribution in [0.4, 0.5) is 0 Å². The smallest absolute Gasteiger partial charge is 0.191 e. The summed E-state index contributed by atoms with van der Waals surface area (Å²) in [7, 11) is 1.84. The number of aryl methyl sites for hydroxylation is 1. The van der Waals surface area contributed by atoms with Gasteiger partial charge in [-0.25, -0.2) is 4.98 Å². The van der Waals surface area contributed by atoms with Gasteiger partial charge in [0.15, 0.2) is 5.96 Å². The summed E-state index contributed by atoms with van der Waals surface area (Å²) in [5.41, 5.74) is 3.22. The molecule has 0 aromatic carbocycles. The SMILES string of the molecule is CCC1CCCC(NC(=NC)NCc2cn3c(C)cccc3n2)C1. The molecule has 1 aliphatic carbocycles. The van der Waals surface area contributed by atoms with E-state index in [-0.39, 0.29) is 0 Å². The molecule has 0 amide bonds. The van der Waals surface area contributed by atoms with E-state index >= 15 is 0 Å². The van der Waals surface area contributed by atoms with Gasteiger partial charge in [0.2, 0.25) is 0 Å². The Labute approximate surface area is 144 Å².